The van der Waals surface area contributed by atoms with Gasteiger partial charge in [-0.2, -0.15) is 0 Å². The van der Waals surface area contributed by atoms with Crippen molar-refractivity contribution >= 4 is 11.6 Å². The largest absolute Gasteiger partial charge is 0.488 e. The summed E-state index contributed by atoms with van der Waals surface area (Å²) in [7, 11) is 0. The molecule has 1 nitrogen and oxygen atoms in total. The van der Waals surface area contributed by atoms with Gasteiger partial charge in [0.15, 0.2) is 0 Å². The molecule has 1 aromatic rings. The van der Waals surface area contributed by atoms with Crippen LogP contribution in [0.25, 0.3) is 0 Å². The van der Waals surface area contributed by atoms with Crippen molar-refractivity contribution in [2.24, 2.45) is 0 Å². The number of hydrogen-bond donors (Lipinski definition) is 0. The first-order valence-electron chi connectivity index (χ1n) is 4.77. The van der Waals surface area contributed by atoms with Gasteiger partial charge in [-0.25, -0.2) is 0 Å². The summed E-state index contributed by atoms with van der Waals surface area (Å²) in [6, 6.07) is 7.43. The van der Waals surface area contributed by atoms with Crippen LogP contribution in [-0.2, 0) is 0 Å². The predicted octanol–water partition coefficient (Wildman–Crippen LogP) is 4.11. The molecule has 0 N–H and O–H groups in total. The monoisotopic (exact) mass is 211 g/mol. The maximum Gasteiger partial charge on any atom is 0.120 e. The van der Waals surface area contributed by atoms with Gasteiger partial charge in [0, 0.05) is 5.02 Å². The standard InChI is InChI=1S/C12H16ClO/c1-4-9-12(2,3)14-11-7-5-10(13)6-8-11/h5-8H,1,4,9H2,2-3H3. The van der Waals surface area contributed by atoms with E-state index in [4.69, 9.17) is 16.3 Å². The molecule has 1 aromatic carbocycles. The van der Waals surface area contributed by atoms with Crippen molar-refractivity contribution in [3.63, 3.8) is 0 Å². The number of rotatable bonds is 4. The predicted molar refractivity (Wildman–Crippen MR) is 60.8 cm³/mol. The molecule has 0 atom stereocenters. The highest BCUT2D eigenvalue weighted by molar-refractivity contribution is 6.30. The molecule has 0 aromatic heterocycles. The van der Waals surface area contributed by atoms with Gasteiger partial charge >= 0.3 is 0 Å². The maximum absolute atomic E-state index is 5.80. The molecule has 0 spiro atoms. The van der Waals surface area contributed by atoms with Crippen molar-refractivity contribution in [2.45, 2.75) is 32.3 Å². The van der Waals surface area contributed by atoms with Gasteiger partial charge in [-0.15, -0.1) is 0 Å². The van der Waals surface area contributed by atoms with E-state index in [0.29, 0.717) is 0 Å². The van der Waals surface area contributed by atoms with E-state index in [1.54, 1.807) is 0 Å². The number of ether oxygens (including phenoxy) is 1. The Morgan fingerprint density at radius 1 is 1.29 bits per heavy atom. The Morgan fingerprint density at radius 2 is 1.86 bits per heavy atom. The summed E-state index contributed by atoms with van der Waals surface area (Å²) < 4.78 is 5.80. The minimum atomic E-state index is -0.157. The van der Waals surface area contributed by atoms with E-state index in [2.05, 4.69) is 20.8 Å². The highest BCUT2D eigenvalue weighted by atomic mass is 35.5. The van der Waals surface area contributed by atoms with E-state index in [9.17, 15) is 0 Å². The van der Waals surface area contributed by atoms with E-state index in [1.807, 2.05) is 24.3 Å². The molecule has 1 radical (unpaired) electrons. The third-order valence-corrected chi connectivity index (χ3v) is 2.24. The highest BCUT2D eigenvalue weighted by Gasteiger charge is 2.17. The van der Waals surface area contributed by atoms with Crippen LogP contribution in [0.3, 0.4) is 0 Å². The molecule has 0 bridgehead atoms. The van der Waals surface area contributed by atoms with Crippen LogP contribution < -0.4 is 4.74 Å². The van der Waals surface area contributed by atoms with Crippen LogP contribution in [0.4, 0.5) is 0 Å². The van der Waals surface area contributed by atoms with Crippen LogP contribution >= 0.6 is 11.6 Å². The Labute approximate surface area is 91.0 Å². The van der Waals surface area contributed by atoms with E-state index in [-0.39, 0.29) is 5.60 Å². The van der Waals surface area contributed by atoms with Gasteiger partial charge in [-0.3, -0.25) is 0 Å². The zero-order valence-electron chi connectivity index (χ0n) is 8.72. The van der Waals surface area contributed by atoms with Gasteiger partial charge < -0.3 is 4.74 Å². The van der Waals surface area contributed by atoms with E-state index >= 15 is 0 Å². The summed E-state index contributed by atoms with van der Waals surface area (Å²) >= 11 is 5.78. The molecule has 0 fully saturated rings. The minimum Gasteiger partial charge on any atom is -0.488 e. The lowest BCUT2D eigenvalue weighted by Gasteiger charge is -2.25. The Morgan fingerprint density at radius 3 is 2.36 bits per heavy atom. The second-order valence-corrected chi connectivity index (χ2v) is 4.36. The average Bonchev–Trinajstić information content (AvgIpc) is 2.08. The highest BCUT2D eigenvalue weighted by Crippen LogP contribution is 2.23. The molecule has 0 saturated heterocycles. The Hall–Kier alpha value is -0.690. The molecule has 0 aliphatic heterocycles. The van der Waals surface area contributed by atoms with Gasteiger partial charge in [-0.05, 0) is 51.0 Å². The van der Waals surface area contributed by atoms with Crippen LogP contribution in [0.1, 0.15) is 26.7 Å². The van der Waals surface area contributed by atoms with Crippen molar-refractivity contribution in [1.82, 2.24) is 0 Å². The Balaban J connectivity index is 2.64. The number of hydrogen-bond acceptors (Lipinski definition) is 1. The molecular weight excluding hydrogens is 196 g/mol. The molecule has 0 amide bonds. The van der Waals surface area contributed by atoms with Gasteiger partial charge in [0.25, 0.3) is 0 Å². The molecule has 2 heteroatoms. The molecule has 1 rings (SSSR count). The summed E-state index contributed by atoms with van der Waals surface area (Å²) in [5, 5.41) is 0.729. The summed E-state index contributed by atoms with van der Waals surface area (Å²) in [5.41, 5.74) is -0.157. The molecule has 14 heavy (non-hydrogen) atoms. The van der Waals surface area contributed by atoms with E-state index in [1.165, 1.54) is 0 Å². The van der Waals surface area contributed by atoms with Crippen LogP contribution in [0.5, 0.6) is 5.75 Å². The molecule has 0 unspecified atom stereocenters. The molecule has 77 valence electrons. The third kappa shape index (κ3) is 3.59. The molecular formula is C12H16ClO. The van der Waals surface area contributed by atoms with Crippen molar-refractivity contribution in [1.29, 1.82) is 0 Å². The average molecular weight is 212 g/mol. The molecule has 0 heterocycles. The lowest BCUT2D eigenvalue weighted by atomic mass is 10.0. The maximum atomic E-state index is 5.80. The van der Waals surface area contributed by atoms with Crippen LogP contribution in [0.15, 0.2) is 24.3 Å². The first-order chi connectivity index (χ1) is 6.53. The minimum absolute atomic E-state index is 0.157. The summed E-state index contributed by atoms with van der Waals surface area (Å²) in [4.78, 5) is 0. The normalized spacial score (nSPS) is 11.4. The summed E-state index contributed by atoms with van der Waals surface area (Å²) in [5.74, 6) is 0.854. The van der Waals surface area contributed by atoms with Crippen LogP contribution in [-0.4, -0.2) is 5.60 Å². The lowest BCUT2D eigenvalue weighted by Crippen LogP contribution is -2.27. The van der Waals surface area contributed by atoms with Crippen molar-refractivity contribution < 1.29 is 4.74 Å². The molecule has 0 saturated carbocycles. The topological polar surface area (TPSA) is 9.23 Å². The van der Waals surface area contributed by atoms with Crippen molar-refractivity contribution in [2.75, 3.05) is 0 Å². The van der Waals surface area contributed by atoms with E-state index in [0.717, 1.165) is 23.6 Å². The fourth-order valence-corrected chi connectivity index (χ4v) is 1.42. The van der Waals surface area contributed by atoms with Crippen LogP contribution in [0, 0.1) is 6.92 Å². The first kappa shape index (κ1) is 11.4. The molecule has 0 aliphatic carbocycles. The number of halogens is 1. The van der Waals surface area contributed by atoms with Gasteiger partial charge in [0.2, 0.25) is 0 Å². The lowest BCUT2D eigenvalue weighted by molar-refractivity contribution is 0.100. The zero-order valence-corrected chi connectivity index (χ0v) is 9.47. The molecule has 0 aliphatic rings. The zero-order chi connectivity index (χ0) is 10.6. The Kier molecular flexibility index (Phi) is 3.82. The fourth-order valence-electron chi connectivity index (χ4n) is 1.30. The summed E-state index contributed by atoms with van der Waals surface area (Å²) in [6.45, 7) is 7.95. The Bertz CT molecular complexity index is 277. The van der Waals surface area contributed by atoms with Gasteiger partial charge in [0.05, 0.1) is 0 Å². The number of benzene rings is 1. The van der Waals surface area contributed by atoms with Crippen molar-refractivity contribution in [3.8, 4) is 5.75 Å². The van der Waals surface area contributed by atoms with Crippen molar-refractivity contribution in [3.05, 3.63) is 36.2 Å². The first-order valence-corrected chi connectivity index (χ1v) is 5.15. The van der Waals surface area contributed by atoms with Crippen LogP contribution in [0.2, 0.25) is 5.02 Å². The quantitative estimate of drug-likeness (QED) is 0.728. The fraction of sp³-hybridized carbons (Fsp3) is 0.417. The SMILES string of the molecule is [CH2]CCC(C)(C)Oc1ccc(Cl)cc1. The smallest absolute Gasteiger partial charge is 0.120 e. The second kappa shape index (κ2) is 4.70. The second-order valence-electron chi connectivity index (χ2n) is 3.92. The van der Waals surface area contributed by atoms with E-state index < -0.39 is 0 Å². The third-order valence-electron chi connectivity index (χ3n) is 1.99. The summed E-state index contributed by atoms with van der Waals surface area (Å²) in [6.07, 6.45) is 1.82. The van der Waals surface area contributed by atoms with Gasteiger partial charge in [-0.1, -0.05) is 18.5 Å². The van der Waals surface area contributed by atoms with Gasteiger partial charge in [0.1, 0.15) is 11.4 Å².